The zero-order chi connectivity index (χ0) is 15.7. The van der Waals surface area contributed by atoms with Gasteiger partial charge in [0.15, 0.2) is 0 Å². The number of sulfonamides is 1. The first-order valence-corrected chi connectivity index (χ1v) is 9.80. The van der Waals surface area contributed by atoms with Gasteiger partial charge in [-0.1, -0.05) is 5.16 Å². The SMILES string of the molecule is Cc1ccc(CN2CCc3onc(CNS(C)(=O)=O)c3C2)s1. The molecule has 3 rings (SSSR count). The van der Waals surface area contributed by atoms with Crippen LogP contribution in [-0.2, 0) is 36.1 Å². The number of nitrogens with zero attached hydrogens (tertiary/aromatic N) is 2. The minimum Gasteiger partial charge on any atom is -0.361 e. The molecular formula is C14H19N3O3S2. The standard InChI is InChI=1S/C14H19N3O3S2/c1-10-3-4-11(21-10)8-17-6-5-14-12(9-17)13(16-20-14)7-15-22(2,18)19/h3-4,15H,5-9H2,1-2H3. The van der Waals surface area contributed by atoms with Crippen molar-refractivity contribution in [1.29, 1.82) is 0 Å². The fourth-order valence-electron chi connectivity index (χ4n) is 2.58. The Morgan fingerprint density at radius 2 is 2.27 bits per heavy atom. The van der Waals surface area contributed by atoms with Crippen molar-refractivity contribution in [3.8, 4) is 0 Å². The lowest BCUT2D eigenvalue weighted by Gasteiger charge is -2.25. The molecule has 1 N–H and O–H groups in total. The molecule has 2 aromatic rings. The Morgan fingerprint density at radius 1 is 1.45 bits per heavy atom. The highest BCUT2D eigenvalue weighted by Gasteiger charge is 2.24. The second-order valence-corrected chi connectivity index (χ2v) is 8.80. The average Bonchev–Trinajstić information content (AvgIpc) is 3.02. The number of hydrogen-bond acceptors (Lipinski definition) is 6. The van der Waals surface area contributed by atoms with E-state index in [1.165, 1.54) is 9.75 Å². The van der Waals surface area contributed by atoms with Gasteiger partial charge in [0.2, 0.25) is 10.0 Å². The second-order valence-electron chi connectivity index (χ2n) is 5.60. The molecule has 2 aromatic heterocycles. The minimum absolute atomic E-state index is 0.184. The first-order chi connectivity index (χ1) is 10.4. The van der Waals surface area contributed by atoms with Crippen LogP contribution in [0.1, 0.15) is 26.8 Å². The van der Waals surface area contributed by atoms with E-state index in [0.29, 0.717) is 5.69 Å². The van der Waals surface area contributed by atoms with Crippen molar-refractivity contribution in [3.05, 3.63) is 38.9 Å². The van der Waals surface area contributed by atoms with Crippen LogP contribution in [0.25, 0.3) is 0 Å². The molecule has 0 aliphatic carbocycles. The molecule has 0 spiro atoms. The van der Waals surface area contributed by atoms with Gasteiger partial charge in [0.05, 0.1) is 12.8 Å². The van der Waals surface area contributed by atoms with Crippen LogP contribution in [0.2, 0.25) is 0 Å². The number of fused-ring (bicyclic) bond motifs is 1. The van der Waals surface area contributed by atoms with E-state index in [0.717, 1.165) is 43.6 Å². The van der Waals surface area contributed by atoms with E-state index in [-0.39, 0.29) is 6.54 Å². The summed E-state index contributed by atoms with van der Waals surface area (Å²) in [4.78, 5) is 5.00. The average molecular weight is 341 g/mol. The predicted molar refractivity (Wildman–Crippen MR) is 85.1 cm³/mol. The first kappa shape index (κ1) is 15.7. The Kier molecular flexibility index (Phi) is 4.35. The molecule has 0 amide bonds. The zero-order valence-corrected chi connectivity index (χ0v) is 14.3. The number of rotatable bonds is 5. The molecular weight excluding hydrogens is 322 g/mol. The van der Waals surface area contributed by atoms with E-state index in [1.54, 1.807) is 0 Å². The largest absolute Gasteiger partial charge is 0.361 e. The summed E-state index contributed by atoms with van der Waals surface area (Å²) in [5.74, 6) is 0.879. The molecule has 0 fully saturated rings. The smallest absolute Gasteiger partial charge is 0.209 e. The third kappa shape index (κ3) is 3.75. The Labute approximate surface area is 134 Å². The Hall–Kier alpha value is -1.22. The molecule has 0 atom stereocenters. The van der Waals surface area contributed by atoms with Gasteiger partial charge < -0.3 is 4.52 Å². The Balaban J connectivity index is 1.70. The maximum Gasteiger partial charge on any atom is 0.209 e. The lowest BCUT2D eigenvalue weighted by Crippen LogP contribution is -2.30. The summed E-state index contributed by atoms with van der Waals surface area (Å²) >= 11 is 1.81. The highest BCUT2D eigenvalue weighted by atomic mass is 32.2. The number of nitrogens with one attached hydrogen (secondary N) is 1. The monoisotopic (exact) mass is 341 g/mol. The van der Waals surface area contributed by atoms with Crippen molar-refractivity contribution in [3.63, 3.8) is 0 Å². The number of thiophene rings is 1. The van der Waals surface area contributed by atoms with E-state index < -0.39 is 10.0 Å². The summed E-state index contributed by atoms with van der Waals surface area (Å²) in [6.45, 7) is 4.87. The Bertz CT molecular complexity index is 764. The molecule has 3 heterocycles. The van der Waals surface area contributed by atoms with Gasteiger partial charge in [-0.25, -0.2) is 13.1 Å². The van der Waals surface area contributed by atoms with Crippen LogP contribution in [0.3, 0.4) is 0 Å². The van der Waals surface area contributed by atoms with Crippen LogP contribution in [0.4, 0.5) is 0 Å². The first-order valence-electron chi connectivity index (χ1n) is 7.09. The summed E-state index contributed by atoms with van der Waals surface area (Å²) in [6, 6.07) is 4.30. The molecule has 0 radical (unpaired) electrons. The summed E-state index contributed by atoms with van der Waals surface area (Å²) in [6.07, 6.45) is 1.95. The van der Waals surface area contributed by atoms with Gasteiger partial charge in [-0.15, -0.1) is 11.3 Å². The van der Waals surface area contributed by atoms with Gasteiger partial charge in [-0.3, -0.25) is 4.90 Å². The number of hydrogen-bond donors (Lipinski definition) is 1. The van der Waals surface area contributed by atoms with Crippen LogP contribution < -0.4 is 4.72 Å². The predicted octanol–water partition coefficient (Wildman–Crippen LogP) is 1.65. The highest BCUT2D eigenvalue weighted by molar-refractivity contribution is 7.88. The van der Waals surface area contributed by atoms with Crippen molar-refractivity contribution in [2.24, 2.45) is 0 Å². The molecule has 1 aliphatic heterocycles. The van der Waals surface area contributed by atoms with Crippen LogP contribution in [0.5, 0.6) is 0 Å². The maximum absolute atomic E-state index is 11.2. The number of aromatic nitrogens is 1. The molecule has 120 valence electrons. The minimum atomic E-state index is -3.23. The van der Waals surface area contributed by atoms with Gasteiger partial charge in [-0.2, -0.15) is 0 Å². The molecule has 0 saturated carbocycles. The fraction of sp³-hybridized carbons (Fsp3) is 0.500. The third-order valence-electron chi connectivity index (χ3n) is 3.67. The van der Waals surface area contributed by atoms with Crippen molar-refractivity contribution in [2.75, 3.05) is 12.8 Å². The Morgan fingerprint density at radius 3 is 2.95 bits per heavy atom. The third-order valence-corrected chi connectivity index (χ3v) is 5.32. The maximum atomic E-state index is 11.2. The summed E-state index contributed by atoms with van der Waals surface area (Å²) in [5, 5.41) is 4.02. The van der Waals surface area contributed by atoms with Crippen molar-refractivity contribution < 1.29 is 12.9 Å². The van der Waals surface area contributed by atoms with Gasteiger partial charge >= 0.3 is 0 Å². The molecule has 0 saturated heterocycles. The molecule has 8 heteroatoms. The topological polar surface area (TPSA) is 75.4 Å². The quantitative estimate of drug-likeness (QED) is 0.895. The fourth-order valence-corrected chi connectivity index (χ4v) is 3.92. The van der Waals surface area contributed by atoms with Gasteiger partial charge in [0.25, 0.3) is 0 Å². The van der Waals surface area contributed by atoms with Crippen LogP contribution in [-0.4, -0.2) is 31.3 Å². The molecule has 0 aromatic carbocycles. The zero-order valence-electron chi connectivity index (χ0n) is 12.6. The van der Waals surface area contributed by atoms with Crippen molar-refractivity contribution in [2.45, 2.75) is 33.0 Å². The van der Waals surface area contributed by atoms with Crippen LogP contribution >= 0.6 is 11.3 Å². The van der Waals surface area contributed by atoms with Crippen molar-refractivity contribution >= 4 is 21.4 Å². The summed E-state index contributed by atoms with van der Waals surface area (Å²) < 4.78 is 30.3. The van der Waals surface area contributed by atoms with E-state index in [1.807, 2.05) is 11.3 Å². The lowest BCUT2D eigenvalue weighted by atomic mass is 10.1. The molecule has 0 bridgehead atoms. The van der Waals surface area contributed by atoms with Gasteiger partial charge in [-0.05, 0) is 19.1 Å². The van der Waals surface area contributed by atoms with Gasteiger partial charge in [0, 0.05) is 41.4 Å². The molecule has 6 nitrogen and oxygen atoms in total. The number of aryl methyl sites for hydroxylation is 1. The molecule has 22 heavy (non-hydrogen) atoms. The second kappa shape index (κ2) is 6.11. The van der Waals surface area contributed by atoms with Gasteiger partial charge in [0.1, 0.15) is 11.5 Å². The van der Waals surface area contributed by atoms with E-state index >= 15 is 0 Å². The summed E-state index contributed by atoms with van der Waals surface area (Å²) in [7, 11) is -3.23. The lowest BCUT2D eigenvalue weighted by molar-refractivity contribution is 0.230. The molecule has 0 unspecified atom stereocenters. The highest BCUT2D eigenvalue weighted by Crippen LogP contribution is 2.25. The van der Waals surface area contributed by atoms with E-state index in [9.17, 15) is 8.42 Å². The summed E-state index contributed by atoms with van der Waals surface area (Å²) in [5.41, 5.74) is 1.71. The van der Waals surface area contributed by atoms with E-state index in [4.69, 9.17) is 4.52 Å². The van der Waals surface area contributed by atoms with E-state index in [2.05, 4.69) is 33.8 Å². The molecule has 1 aliphatic rings. The van der Waals surface area contributed by atoms with Crippen LogP contribution in [0.15, 0.2) is 16.7 Å². The van der Waals surface area contributed by atoms with Crippen LogP contribution in [0, 0.1) is 6.92 Å². The van der Waals surface area contributed by atoms with Crippen molar-refractivity contribution in [1.82, 2.24) is 14.8 Å². The normalized spacial score (nSPS) is 15.9.